The van der Waals surface area contributed by atoms with Crippen molar-refractivity contribution in [3.63, 3.8) is 0 Å². The molecular weight excluding hydrogens is 818 g/mol. The standard InChI is InChI=1S/C43H49NO18/c1-20-21(2)37(50)61-34-32(60-38(51)27-14-11-10-12-15-27)36(59-26(7)49)42(19-54-22(3)45)35(58-25(6)48)31(56-23(4)46)29-33(57-24(5)47)43(42,41(34,9)53)62-40(29,8)18-55-39(52)28-16-13-17-44-30(20)28/h10-17,20-21,29,31-36,53H,18-19H2,1-9H3/t20?,21?,29-,31-,32+,33-,34+,35-,36+,40+,41+,42-,43+/m1/s1. The molecule has 4 bridgehead atoms. The number of pyridine rings is 1. The average molecular weight is 868 g/mol. The minimum absolute atomic E-state index is 0.0497. The van der Waals surface area contributed by atoms with Crippen molar-refractivity contribution in [3.05, 3.63) is 65.5 Å². The lowest BCUT2D eigenvalue weighted by Gasteiger charge is -2.67. The molecule has 1 saturated heterocycles. The van der Waals surface area contributed by atoms with Gasteiger partial charge >= 0.3 is 47.8 Å². The summed E-state index contributed by atoms with van der Waals surface area (Å²) < 4.78 is 55.4. The molecule has 13 atom stereocenters. The molecule has 1 N–H and O–H groups in total. The lowest BCUT2D eigenvalue weighted by atomic mass is 9.45. The first-order valence-corrected chi connectivity index (χ1v) is 19.9. The number of ether oxygens (including phenoxy) is 9. The van der Waals surface area contributed by atoms with Crippen LogP contribution in [0, 0.1) is 17.3 Å². The predicted molar refractivity (Wildman–Crippen MR) is 205 cm³/mol. The molecule has 1 aromatic carbocycles. The third kappa shape index (κ3) is 7.43. The van der Waals surface area contributed by atoms with Crippen LogP contribution in [0.1, 0.15) is 94.6 Å². The zero-order valence-electron chi connectivity index (χ0n) is 35.6. The van der Waals surface area contributed by atoms with Gasteiger partial charge in [-0.15, -0.1) is 0 Å². The van der Waals surface area contributed by atoms with Gasteiger partial charge in [0.25, 0.3) is 0 Å². The highest BCUT2D eigenvalue weighted by atomic mass is 16.7. The van der Waals surface area contributed by atoms with E-state index in [0.29, 0.717) is 0 Å². The molecule has 4 aliphatic rings. The number of esters is 8. The Morgan fingerprint density at radius 1 is 0.742 bits per heavy atom. The van der Waals surface area contributed by atoms with Crippen LogP contribution in [-0.4, -0.2) is 124 Å². The van der Waals surface area contributed by atoms with Gasteiger partial charge in [0.2, 0.25) is 0 Å². The van der Waals surface area contributed by atoms with E-state index in [4.69, 9.17) is 42.6 Å². The van der Waals surface area contributed by atoms with Gasteiger partial charge in [-0.1, -0.05) is 32.0 Å². The maximum Gasteiger partial charge on any atom is 0.340 e. The van der Waals surface area contributed by atoms with Gasteiger partial charge in [-0.25, -0.2) is 9.59 Å². The van der Waals surface area contributed by atoms with Crippen LogP contribution in [0.15, 0.2) is 48.7 Å². The Labute approximate surface area is 355 Å². The van der Waals surface area contributed by atoms with E-state index in [-0.39, 0.29) is 16.8 Å². The zero-order valence-corrected chi connectivity index (χ0v) is 35.6. The molecule has 3 heterocycles. The Hall–Kier alpha value is -5.95. The number of cyclic esters (lactones) is 1. The van der Waals surface area contributed by atoms with Gasteiger partial charge in [-0.3, -0.25) is 33.8 Å². The number of benzene rings is 1. The molecule has 2 aliphatic carbocycles. The molecular formula is C43H49NO18. The molecule has 6 rings (SSSR count). The molecule has 2 saturated carbocycles. The van der Waals surface area contributed by atoms with E-state index < -0.39 is 138 Å². The van der Waals surface area contributed by atoms with Crippen LogP contribution < -0.4 is 0 Å². The Bertz CT molecular complexity index is 2160. The van der Waals surface area contributed by atoms with Crippen LogP contribution in [0.4, 0.5) is 0 Å². The summed E-state index contributed by atoms with van der Waals surface area (Å²) in [5.41, 5.74) is -10.3. The lowest BCUT2D eigenvalue weighted by molar-refractivity contribution is -0.386. The maximum absolute atomic E-state index is 14.6. The number of rotatable bonds is 8. The first kappa shape index (κ1) is 45.6. The van der Waals surface area contributed by atoms with E-state index in [9.17, 15) is 43.5 Å². The summed E-state index contributed by atoms with van der Waals surface area (Å²) in [6.45, 7) is 8.69. The number of hydrogen-bond acceptors (Lipinski definition) is 19. The minimum atomic E-state index is -2.87. The van der Waals surface area contributed by atoms with E-state index >= 15 is 0 Å². The highest BCUT2D eigenvalue weighted by molar-refractivity contribution is 5.91. The van der Waals surface area contributed by atoms with Crippen molar-refractivity contribution in [2.24, 2.45) is 17.3 Å². The van der Waals surface area contributed by atoms with Crippen molar-refractivity contribution in [1.29, 1.82) is 0 Å². The number of fused-ring (bicyclic) bond motifs is 5. The summed E-state index contributed by atoms with van der Waals surface area (Å²) in [5, 5.41) is 13.7. The number of aliphatic hydroxyl groups is 1. The molecule has 2 aliphatic heterocycles. The predicted octanol–water partition coefficient (Wildman–Crippen LogP) is 2.33. The average Bonchev–Trinajstić information content (AvgIpc) is 3.42. The second kappa shape index (κ2) is 16.7. The number of carbonyl (C=O) groups is 8. The molecule has 1 spiro atoms. The van der Waals surface area contributed by atoms with Crippen LogP contribution in [0.3, 0.4) is 0 Å². The monoisotopic (exact) mass is 867 g/mol. The zero-order chi connectivity index (χ0) is 45.7. The smallest absolute Gasteiger partial charge is 0.340 e. The van der Waals surface area contributed by atoms with Gasteiger partial charge in [0, 0.05) is 46.7 Å². The Balaban J connectivity index is 1.80. The van der Waals surface area contributed by atoms with Crippen molar-refractivity contribution in [2.75, 3.05) is 13.2 Å². The van der Waals surface area contributed by atoms with Gasteiger partial charge in [0.15, 0.2) is 30.0 Å². The van der Waals surface area contributed by atoms with Crippen LogP contribution in [0.2, 0.25) is 0 Å². The van der Waals surface area contributed by atoms with E-state index in [1.165, 1.54) is 56.4 Å². The van der Waals surface area contributed by atoms with E-state index in [1.54, 1.807) is 13.0 Å². The lowest BCUT2D eigenvalue weighted by Crippen LogP contribution is -2.89. The molecule has 19 nitrogen and oxygen atoms in total. The largest absolute Gasteiger partial charge is 0.465 e. The molecule has 334 valence electrons. The third-order valence-corrected chi connectivity index (χ3v) is 12.4. The number of aromatic nitrogens is 1. The molecule has 19 heteroatoms. The molecule has 0 radical (unpaired) electrons. The van der Waals surface area contributed by atoms with E-state index in [0.717, 1.165) is 41.5 Å². The number of hydrogen-bond donors (Lipinski definition) is 1. The van der Waals surface area contributed by atoms with Crippen molar-refractivity contribution < 1.29 is 86.1 Å². The van der Waals surface area contributed by atoms with Crippen molar-refractivity contribution in [1.82, 2.24) is 4.98 Å². The Morgan fingerprint density at radius 2 is 1.32 bits per heavy atom. The quantitative estimate of drug-likeness (QED) is 0.295. The van der Waals surface area contributed by atoms with Gasteiger partial charge < -0.3 is 47.7 Å². The van der Waals surface area contributed by atoms with Crippen LogP contribution in [0.5, 0.6) is 0 Å². The third-order valence-electron chi connectivity index (χ3n) is 12.4. The highest BCUT2D eigenvalue weighted by Crippen LogP contribution is 2.70. The van der Waals surface area contributed by atoms with Crippen molar-refractivity contribution >= 4 is 47.8 Å². The van der Waals surface area contributed by atoms with E-state index in [2.05, 4.69) is 4.98 Å². The van der Waals surface area contributed by atoms with Gasteiger partial charge in [-0.05, 0) is 38.1 Å². The van der Waals surface area contributed by atoms with Crippen LogP contribution >= 0.6 is 0 Å². The van der Waals surface area contributed by atoms with Crippen LogP contribution in [0.25, 0.3) is 0 Å². The van der Waals surface area contributed by atoms with E-state index in [1.807, 2.05) is 0 Å². The summed E-state index contributed by atoms with van der Waals surface area (Å²) in [4.78, 5) is 114. The molecule has 2 unspecified atom stereocenters. The second-order valence-electron chi connectivity index (χ2n) is 16.5. The molecule has 3 fully saturated rings. The molecule has 0 amide bonds. The summed E-state index contributed by atoms with van der Waals surface area (Å²) >= 11 is 0. The Kier molecular flexibility index (Phi) is 12.3. The molecule has 1 aromatic heterocycles. The first-order valence-electron chi connectivity index (χ1n) is 19.9. The fraction of sp³-hybridized carbons (Fsp3) is 0.558. The Morgan fingerprint density at radius 3 is 1.90 bits per heavy atom. The summed E-state index contributed by atoms with van der Waals surface area (Å²) in [7, 11) is 0. The SMILES string of the molecule is CC(=O)OC[C@]12[C@H](OC(C)=O)[C@H](OC(C)=O)[C@@H]3[C@@H](OC(C)=O)[C@@]14O[C@@]3(C)COC(=O)c1cccnc1C(C)C(C)C(=O)O[C@@H]([C@H](OC(=O)c1ccccc1)[C@@H]2OC(C)=O)[C@]4(C)O. The summed E-state index contributed by atoms with van der Waals surface area (Å²) in [6, 6.07) is 10.3. The fourth-order valence-electron chi connectivity index (χ4n) is 9.82. The molecule has 2 aromatic rings. The van der Waals surface area contributed by atoms with Gasteiger partial charge in [0.05, 0.1) is 28.7 Å². The van der Waals surface area contributed by atoms with Gasteiger partial charge in [0.1, 0.15) is 42.0 Å². The summed E-state index contributed by atoms with van der Waals surface area (Å²) in [5.74, 6) is -11.8. The second-order valence-corrected chi connectivity index (χ2v) is 16.5. The normalized spacial score (nSPS) is 36.0. The van der Waals surface area contributed by atoms with Gasteiger partial charge in [-0.2, -0.15) is 0 Å². The summed E-state index contributed by atoms with van der Waals surface area (Å²) in [6.07, 6.45) is -10.8. The van der Waals surface area contributed by atoms with Crippen LogP contribution in [-0.2, 0) is 71.4 Å². The highest BCUT2D eigenvalue weighted by Gasteiger charge is 2.92. The first-order chi connectivity index (χ1) is 29.0. The molecule has 62 heavy (non-hydrogen) atoms. The fourth-order valence-corrected chi connectivity index (χ4v) is 9.82. The topological polar surface area (TPSA) is 253 Å². The van der Waals surface area contributed by atoms with Crippen molar-refractivity contribution in [3.8, 4) is 0 Å². The number of nitrogens with zero attached hydrogens (tertiary/aromatic N) is 1. The van der Waals surface area contributed by atoms with Crippen molar-refractivity contribution in [2.45, 2.75) is 122 Å². The number of carbonyl (C=O) groups excluding carboxylic acids is 8. The minimum Gasteiger partial charge on any atom is -0.465 e. The maximum atomic E-state index is 14.6.